The minimum absolute atomic E-state index is 0.571. The van der Waals surface area contributed by atoms with E-state index < -0.39 is 0 Å². The molecule has 5 rings (SSSR count). The van der Waals surface area contributed by atoms with Gasteiger partial charge in [0.15, 0.2) is 5.82 Å². The van der Waals surface area contributed by atoms with Crippen LogP contribution in [0.25, 0.3) is 5.82 Å². The van der Waals surface area contributed by atoms with Gasteiger partial charge in [-0.3, -0.25) is 0 Å². The molecule has 0 amide bonds. The number of benzene rings is 2. The summed E-state index contributed by atoms with van der Waals surface area (Å²) in [4.78, 5) is 13.8. The minimum Gasteiger partial charge on any atom is -0.489 e. The zero-order chi connectivity index (χ0) is 20.9. The van der Waals surface area contributed by atoms with E-state index in [9.17, 15) is 0 Å². The van der Waals surface area contributed by atoms with E-state index in [0.29, 0.717) is 6.61 Å². The average Bonchev–Trinajstić information content (AvgIpc) is 3.39. The zero-order valence-electron chi connectivity index (χ0n) is 17.2. The number of piperazine rings is 1. The van der Waals surface area contributed by atoms with Crippen LogP contribution in [0.3, 0.4) is 0 Å². The van der Waals surface area contributed by atoms with Gasteiger partial charge in [-0.1, -0.05) is 36.4 Å². The van der Waals surface area contributed by atoms with E-state index >= 15 is 0 Å². The molecule has 3 heterocycles. The van der Waals surface area contributed by atoms with E-state index in [4.69, 9.17) is 4.74 Å². The third-order valence-corrected chi connectivity index (χ3v) is 5.36. The molecule has 0 spiro atoms. The normalized spacial score (nSPS) is 13.9. The summed E-state index contributed by atoms with van der Waals surface area (Å²) in [5, 5.41) is 4.25. The molecule has 2 aromatic heterocycles. The predicted octanol–water partition coefficient (Wildman–Crippen LogP) is 3.57. The molecule has 4 aromatic rings. The number of hydrogen-bond donors (Lipinski definition) is 0. The summed E-state index contributed by atoms with van der Waals surface area (Å²) < 4.78 is 7.75. The first-order valence-corrected chi connectivity index (χ1v) is 10.4. The number of anilines is 2. The Morgan fingerprint density at radius 2 is 1.65 bits per heavy atom. The highest BCUT2D eigenvalue weighted by molar-refractivity contribution is 5.52. The highest BCUT2D eigenvalue weighted by atomic mass is 16.5. The van der Waals surface area contributed by atoms with Crippen molar-refractivity contribution in [3.63, 3.8) is 0 Å². The summed E-state index contributed by atoms with van der Waals surface area (Å²) in [6, 6.07) is 22.3. The van der Waals surface area contributed by atoms with E-state index in [1.165, 1.54) is 11.3 Å². The molecule has 0 saturated carbocycles. The van der Waals surface area contributed by atoms with Crippen LogP contribution < -0.4 is 14.5 Å². The van der Waals surface area contributed by atoms with Gasteiger partial charge in [0.1, 0.15) is 12.4 Å². The highest BCUT2D eigenvalue weighted by Gasteiger charge is 2.20. The van der Waals surface area contributed by atoms with Gasteiger partial charge in [-0.05, 0) is 23.8 Å². The fourth-order valence-electron chi connectivity index (χ4n) is 3.70. The van der Waals surface area contributed by atoms with Gasteiger partial charge in [0.25, 0.3) is 0 Å². The number of rotatable bonds is 6. The van der Waals surface area contributed by atoms with E-state index in [1.54, 1.807) is 17.1 Å². The van der Waals surface area contributed by atoms with Crippen LogP contribution in [0.2, 0.25) is 0 Å². The summed E-state index contributed by atoms with van der Waals surface area (Å²) in [6.45, 7) is 4.09. The third-order valence-electron chi connectivity index (χ3n) is 5.36. The maximum Gasteiger partial charge on any atom is 0.227 e. The molecule has 1 aliphatic heterocycles. The molecule has 1 saturated heterocycles. The fraction of sp³-hybridized carbons (Fsp3) is 0.208. The Balaban J connectivity index is 1.21. The number of nitrogens with zero attached hydrogens (tertiary/aromatic N) is 6. The third kappa shape index (κ3) is 4.50. The van der Waals surface area contributed by atoms with E-state index in [-0.39, 0.29) is 0 Å². The first kappa shape index (κ1) is 19.1. The van der Waals surface area contributed by atoms with Crippen LogP contribution in [0, 0.1) is 0 Å². The second-order valence-corrected chi connectivity index (χ2v) is 7.41. The molecule has 1 aliphatic rings. The van der Waals surface area contributed by atoms with Crippen molar-refractivity contribution in [2.75, 3.05) is 36.0 Å². The van der Waals surface area contributed by atoms with Crippen LogP contribution in [0.4, 0.5) is 11.6 Å². The minimum atomic E-state index is 0.571. The van der Waals surface area contributed by atoms with Crippen LogP contribution in [0.15, 0.2) is 85.3 Å². The molecule has 7 heteroatoms. The first-order valence-electron chi connectivity index (χ1n) is 10.4. The van der Waals surface area contributed by atoms with Crippen molar-refractivity contribution >= 4 is 11.6 Å². The smallest absolute Gasteiger partial charge is 0.227 e. The zero-order valence-corrected chi connectivity index (χ0v) is 17.2. The lowest BCUT2D eigenvalue weighted by molar-refractivity contribution is 0.306. The fourth-order valence-corrected chi connectivity index (χ4v) is 3.70. The van der Waals surface area contributed by atoms with Gasteiger partial charge in [-0.25, -0.2) is 9.67 Å². The van der Waals surface area contributed by atoms with Gasteiger partial charge >= 0.3 is 0 Å². The molecule has 1 fully saturated rings. The number of hydrogen-bond acceptors (Lipinski definition) is 6. The second-order valence-electron chi connectivity index (χ2n) is 7.41. The average molecular weight is 412 g/mol. The van der Waals surface area contributed by atoms with E-state index in [0.717, 1.165) is 43.7 Å². The van der Waals surface area contributed by atoms with Crippen LogP contribution in [0.1, 0.15) is 5.56 Å². The summed E-state index contributed by atoms with van der Waals surface area (Å²) in [7, 11) is 0. The molecular weight excluding hydrogens is 388 g/mol. The van der Waals surface area contributed by atoms with E-state index in [2.05, 4.69) is 55.2 Å². The maximum absolute atomic E-state index is 6.00. The van der Waals surface area contributed by atoms with Gasteiger partial charge in [-0.2, -0.15) is 10.1 Å². The van der Waals surface area contributed by atoms with Crippen molar-refractivity contribution in [2.45, 2.75) is 6.61 Å². The van der Waals surface area contributed by atoms with Crippen molar-refractivity contribution in [2.24, 2.45) is 0 Å². The van der Waals surface area contributed by atoms with Crippen LogP contribution in [-0.4, -0.2) is 45.9 Å². The second kappa shape index (κ2) is 8.87. The van der Waals surface area contributed by atoms with Gasteiger partial charge in [0.2, 0.25) is 5.95 Å². The molecule has 0 bridgehead atoms. The summed E-state index contributed by atoms with van der Waals surface area (Å²) in [6.07, 6.45) is 5.43. The molecule has 0 unspecified atom stereocenters. The number of ether oxygens (including phenoxy) is 1. The standard InChI is InChI=1S/C24H24N6O/c1-2-6-20(7-3-1)19-31-22-9-4-8-21(18-22)28-14-16-29(17-15-28)24-25-12-10-23(27-24)30-13-5-11-26-30/h1-13,18H,14-17,19H2. The molecule has 156 valence electrons. The van der Waals surface area contributed by atoms with Crippen molar-refractivity contribution in [3.05, 3.63) is 90.9 Å². The molecule has 7 nitrogen and oxygen atoms in total. The largest absolute Gasteiger partial charge is 0.489 e. The lowest BCUT2D eigenvalue weighted by Crippen LogP contribution is -2.47. The highest BCUT2D eigenvalue weighted by Crippen LogP contribution is 2.24. The molecule has 2 aromatic carbocycles. The Kier molecular flexibility index (Phi) is 5.47. The quantitative estimate of drug-likeness (QED) is 0.483. The molecule has 0 N–H and O–H groups in total. The molecule has 0 radical (unpaired) electrons. The monoisotopic (exact) mass is 412 g/mol. The summed E-state index contributed by atoms with van der Waals surface area (Å²) in [5.41, 5.74) is 2.34. The molecule has 0 atom stereocenters. The summed E-state index contributed by atoms with van der Waals surface area (Å²) >= 11 is 0. The van der Waals surface area contributed by atoms with E-state index in [1.807, 2.05) is 42.6 Å². The van der Waals surface area contributed by atoms with Crippen LogP contribution >= 0.6 is 0 Å². The Morgan fingerprint density at radius 3 is 2.45 bits per heavy atom. The van der Waals surface area contributed by atoms with Crippen molar-refractivity contribution in [1.29, 1.82) is 0 Å². The Bertz CT molecular complexity index is 1110. The SMILES string of the molecule is c1ccc(COc2cccc(N3CCN(c4nccc(-n5cccn5)n4)CC3)c2)cc1. The van der Waals surface area contributed by atoms with Gasteiger partial charge in [0.05, 0.1) is 0 Å². The topological polar surface area (TPSA) is 59.3 Å². The van der Waals surface area contributed by atoms with Gasteiger partial charge < -0.3 is 14.5 Å². The van der Waals surface area contributed by atoms with Crippen molar-refractivity contribution < 1.29 is 4.74 Å². The van der Waals surface area contributed by atoms with Gasteiger partial charge in [-0.15, -0.1) is 0 Å². The predicted molar refractivity (Wildman–Crippen MR) is 121 cm³/mol. The number of aromatic nitrogens is 4. The van der Waals surface area contributed by atoms with Crippen LogP contribution in [0.5, 0.6) is 5.75 Å². The molecule has 0 aliphatic carbocycles. The lowest BCUT2D eigenvalue weighted by atomic mass is 10.2. The molecular formula is C24H24N6O. The first-order chi connectivity index (χ1) is 15.3. The maximum atomic E-state index is 6.00. The Morgan fingerprint density at radius 1 is 0.806 bits per heavy atom. The van der Waals surface area contributed by atoms with Crippen LogP contribution in [-0.2, 0) is 6.61 Å². The summed E-state index contributed by atoms with van der Waals surface area (Å²) in [5.74, 6) is 2.41. The van der Waals surface area contributed by atoms with Crippen molar-refractivity contribution in [3.8, 4) is 11.6 Å². The molecule has 31 heavy (non-hydrogen) atoms. The van der Waals surface area contributed by atoms with Gasteiger partial charge in [0, 0.05) is 62.6 Å². The Hall–Kier alpha value is -3.87. The Labute approximate surface area is 181 Å². The van der Waals surface area contributed by atoms with Crippen molar-refractivity contribution in [1.82, 2.24) is 19.7 Å². The lowest BCUT2D eigenvalue weighted by Gasteiger charge is -2.36.